The fourth-order valence-electron chi connectivity index (χ4n) is 1.29. The Bertz CT molecular complexity index is 304. The Morgan fingerprint density at radius 3 is 2.79 bits per heavy atom. The molecule has 3 nitrogen and oxygen atoms in total. The normalized spacial score (nSPS) is 12.8. The number of nitrogens with two attached hydrogens (primary N) is 1. The molecule has 0 spiro atoms. The summed E-state index contributed by atoms with van der Waals surface area (Å²) >= 11 is 5.78. The molecule has 0 bridgehead atoms. The van der Waals surface area contributed by atoms with Gasteiger partial charge in [0.15, 0.2) is 0 Å². The number of hydrogen-bond acceptors (Lipinski definition) is 3. The summed E-state index contributed by atoms with van der Waals surface area (Å²) in [5, 5.41) is 18.7. The van der Waals surface area contributed by atoms with Gasteiger partial charge in [-0.15, -0.1) is 0 Å². The van der Waals surface area contributed by atoms with E-state index in [4.69, 9.17) is 22.4 Å². The van der Waals surface area contributed by atoms with Crippen LogP contribution in [0.15, 0.2) is 18.2 Å². The predicted molar refractivity (Wildman–Crippen MR) is 56.4 cm³/mol. The number of aromatic hydroxyl groups is 1. The Hall–Kier alpha value is -0.770. The van der Waals surface area contributed by atoms with Crippen LogP contribution in [0.5, 0.6) is 5.75 Å². The monoisotopic (exact) mass is 215 g/mol. The molecule has 0 unspecified atom stereocenters. The lowest BCUT2D eigenvalue weighted by Gasteiger charge is -2.13. The molecule has 0 aliphatic carbocycles. The summed E-state index contributed by atoms with van der Waals surface area (Å²) in [7, 11) is 0. The first-order chi connectivity index (χ1) is 6.65. The van der Waals surface area contributed by atoms with Crippen molar-refractivity contribution in [1.82, 2.24) is 0 Å². The molecular formula is C10H14ClNO2. The molecule has 0 radical (unpaired) electrons. The summed E-state index contributed by atoms with van der Waals surface area (Å²) in [5.74, 6) is 0.153. The van der Waals surface area contributed by atoms with Crippen LogP contribution in [-0.2, 0) is 0 Å². The topological polar surface area (TPSA) is 66.5 Å². The van der Waals surface area contributed by atoms with Gasteiger partial charge >= 0.3 is 0 Å². The Kier molecular flexibility index (Phi) is 4.20. The van der Waals surface area contributed by atoms with Crippen molar-refractivity contribution < 1.29 is 10.2 Å². The molecule has 1 rings (SSSR count). The van der Waals surface area contributed by atoms with Gasteiger partial charge in [0, 0.05) is 23.2 Å². The van der Waals surface area contributed by atoms with Gasteiger partial charge in [0.25, 0.3) is 0 Å². The van der Waals surface area contributed by atoms with Gasteiger partial charge in [-0.05, 0) is 31.0 Å². The number of aliphatic hydroxyl groups excluding tert-OH is 1. The van der Waals surface area contributed by atoms with Crippen molar-refractivity contribution in [2.45, 2.75) is 18.9 Å². The minimum atomic E-state index is -0.277. The standard InChI is InChI=1S/C10H14ClNO2/c11-7-3-4-10(14)8(6-7)9(12)2-1-5-13/h3-4,6,9,13-14H,1-2,5,12H2/t9-/m0/s1. The highest BCUT2D eigenvalue weighted by molar-refractivity contribution is 6.30. The lowest BCUT2D eigenvalue weighted by atomic mass is 10.0. The van der Waals surface area contributed by atoms with E-state index < -0.39 is 0 Å². The third-order valence-corrected chi connectivity index (χ3v) is 2.30. The van der Waals surface area contributed by atoms with Crippen LogP contribution in [0.4, 0.5) is 0 Å². The minimum absolute atomic E-state index is 0.106. The van der Waals surface area contributed by atoms with Gasteiger partial charge in [-0.3, -0.25) is 0 Å². The average molecular weight is 216 g/mol. The number of hydrogen-bond donors (Lipinski definition) is 3. The van der Waals surface area contributed by atoms with Gasteiger partial charge in [0.2, 0.25) is 0 Å². The van der Waals surface area contributed by atoms with E-state index in [0.717, 1.165) is 0 Å². The Morgan fingerprint density at radius 2 is 2.14 bits per heavy atom. The fraction of sp³-hybridized carbons (Fsp3) is 0.400. The molecule has 0 saturated carbocycles. The lowest BCUT2D eigenvalue weighted by molar-refractivity contribution is 0.279. The molecule has 1 atom stereocenters. The van der Waals surface area contributed by atoms with Crippen molar-refractivity contribution in [2.75, 3.05) is 6.61 Å². The molecule has 0 aliphatic heterocycles. The number of benzene rings is 1. The second-order valence-electron chi connectivity index (χ2n) is 3.18. The molecule has 0 saturated heterocycles. The molecule has 4 N–H and O–H groups in total. The molecule has 1 aromatic carbocycles. The smallest absolute Gasteiger partial charge is 0.120 e. The fourth-order valence-corrected chi connectivity index (χ4v) is 1.47. The quantitative estimate of drug-likeness (QED) is 0.718. The van der Waals surface area contributed by atoms with Crippen LogP contribution < -0.4 is 5.73 Å². The summed E-state index contributed by atoms with van der Waals surface area (Å²) in [5.41, 5.74) is 6.45. The molecule has 4 heteroatoms. The number of aliphatic hydroxyl groups is 1. The zero-order valence-electron chi connectivity index (χ0n) is 7.78. The van der Waals surface area contributed by atoms with E-state index in [1.807, 2.05) is 0 Å². The van der Waals surface area contributed by atoms with Gasteiger partial charge in [-0.25, -0.2) is 0 Å². The molecule has 0 heterocycles. The van der Waals surface area contributed by atoms with Gasteiger partial charge < -0.3 is 15.9 Å². The number of phenols is 1. The minimum Gasteiger partial charge on any atom is -0.508 e. The van der Waals surface area contributed by atoms with E-state index >= 15 is 0 Å². The average Bonchev–Trinajstić information content (AvgIpc) is 2.18. The Morgan fingerprint density at radius 1 is 1.43 bits per heavy atom. The van der Waals surface area contributed by atoms with Crippen LogP contribution in [-0.4, -0.2) is 16.8 Å². The Balaban J connectivity index is 2.77. The number of halogens is 1. The summed E-state index contributed by atoms with van der Waals surface area (Å²) < 4.78 is 0. The summed E-state index contributed by atoms with van der Waals surface area (Å²) in [4.78, 5) is 0. The summed E-state index contributed by atoms with van der Waals surface area (Å²) in [6.45, 7) is 0.106. The first-order valence-corrected chi connectivity index (χ1v) is 4.88. The van der Waals surface area contributed by atoms with E-state index in [9.17, 15) is 5.11 Å². The van der Waals surface area contributed by atoms with Crippen LogP contribution in [0.25, 0.3) is 0 Å². The molecule has 0 amide bonds. The molecule has 1 aromatic rings. The van der Waals surface area contributed by atoms with Crippen LogP contribution in [0.2, 0.25) is 5.02 Å². The van der Waals surface area contributed by atoms with E-state index in [1.165, 1.54) is 6.07 Å². The second kappa shape index (κ2) is 5.20. The van der Waals surface area contributed by atoms with E-state index in [2.05, 4.69) is 0 Å². The van der Waals surface area contributed by atoms with Crippen molar-refractivity contribution in [2.24, 2.45) is 5.73 Å². The molecule has 14 heavy (non-hydrogen) atoms. The predicted octanol–water partition coefficient (Wildman–Crippen LogP) is 1.82. The maximum atomic E-state index is 9.50. The van der Waals surface area contributed by atoms with Gasteiger partial charge in [0.1, 0.15) is 5.75 Å². The van der Waals surface area contributed by atoms with Crippen molar-refractivity contribution >= 4 is 11.6 Å². The lowest BCUT2D eigenvalue weighted by Crippen LogP contribution is -2.11. The summed E-state index contributed by atoms with van der Waals surface area (Å²) in [6.07, 6.45) is 1.25. The third kappa shape index (κ3) is 2.87. The summed E-state index contributed by atoms with van der Waals surface area (Å²) in [6, 6.07) is 4.51. The van der Waals surface area contributed by atoms with Crippen LogP contribution in [0.3, 0.4) is 0 Å². The zero-order valence-corrected chi connectivity index (χ0v) is 8.54. The van der Waals surface area contributed by atoms with Crippen molar-refractivity contribution in [3.8, 4) is 5.75 Å². The van der Waals surface area contributed by atoms with E-state index in [-0.39, 0.29) is 18.4 Å². The van der Waals surface area contributed by atoms with Gasteiger partial charge in [-0.2, -0.15) is 0 Å². The molecule has 0 aliphatic rings. The SMILES string of the molecule is N[C@@H](CCCO)c1cc(Cl)ccc1O. The van der Waals surface area contributed by atoms with E-state index in [0.29, 0.717) is 23.4 Å². The maximum absolute atomic E-state index is 9.50. The molecule has 0 aromatic heterocycles. The highest BCUT2D eigenvalue weighted by Crippen LogP contribution is 2.28. The molecular weight excluding hydrogens is 202 g/mol. The number of rotatable bonds is 4. The Labute approximate surface area is 88.1 Å². The largest absolute Gasteiger partial charge is 0.508 e. The van der Waals surface area contributed by atoms with Crippen LogP contribution in [0, 0.1) is 0 Å². The van der Waals surface area contributed by atoms with Crippen molar-refractivity contribution in [3.05, 3.63) is 28.8 Å². The highest BCUT2D eigenvalue weighted by Gasteiger charge is 2.10. The highest BCUT2D eigenvalue weighted by atomic mass is 35.5. The van der Waals surface area contributed by atoms with Gasteiger partial charge in [0.05, 0.1) is 0 Å². The van der Waals surface area contributed by atoms with Crippen molar-refractivity contribution in [3.63, 3.8) is 0 Å². The first kappa shape index (κ1) is 11.3. The second-order valence-corrected chi connectivity index (χ2v) is 3.61. The molecule has 78 valence electrons. The maximum Gasteiger partial charge on any atom is 0.120 e. The number of phenolic OH excluding ortho intramolecular Hbond substituents is 1. The van der Waals surface area contributed by atoms with Crippen molar-refractivity contribution in [1.29, 1.82) is 0 Å². The third-order valence-electron chi connectivity index (χ3n) is 2.06. The zero-order chi connectivity index (χ0) is 10.6. The van der Waals surface area contributed by atoms with Crippen LogP contribution >= 0.6 is 11.6 Å². The molecule has 0 fully saturated rings. The first-order valence-electron chi connectivity index (χ1n) is 4.50. The van der Waals surface area contributed by atoms with Gasteiger partial charge in [-0.1, -0.05) is 11.6 Å². The van der Waals surface area contributed by atoms with E-state index in [1.54, 1.807) is 12.1 Å². The van der Waals surface area contributed by atoms with Crippen LogP contribution in [0.1, 0.15) is 24.4 Å².